The number of amides is 1. The summed E-state index contributed by atoms with van der Waals surface area (Å²) in [6, 6.07) is 15.0. The minimum atomic E-state index is -0.0430. The van der Waals surface area contributed by atoms with Crippen molar-refractivity contribution in [3.63, 3.8) is 0 Å². The van der Waals surface area contributed by atoms with Gasteiger partial charge in [-0.3, -0.25) is 9.69 Å². The molecule has 0 spiro atoms. The predicted octanol–water partition coefficient (Wildman–Crippen LogP) is 3.55. The molecule has 0 radical (unpaired) electrons. The van der Waals surface area contributed by atoms with Gasteiger partial charge in [-0.2, -0.15) is 0 Å². The zero-order chi connectivity index (χ0) is 20.9. The average Bonchev–Trinajstić information content (AvgIpc) is 3.23. The van der Waals surface area contributed by atoms with Gasteiger partial charge in [-0.05, 0) is 35.9 Å². The van der Waals surface area contributed by atoms with E-state index in [1.165, 1.54) is 5.56 Å². The molecule has 1 aliphatic rings. The van der Waals surface area contributed by atoms with Crippen molar-refractivity contribution in [2.24, 2.45) is 0 Å². The SMILES string of the molecule is CN(C(=O)Cc1csc(-c2cccc(CN3CCOCC3)c2)n1)c1ccc(O)cc1. The van der Waals surface area contributed by atoms with Gasteiger partial charge in [0.1, 0.15) is 10.8 Å². The number of benzene rings is 2. The number of morpholine rings is 1. The summed E-state index contributed by atoms with van der Waals surface area (Å²) in [4.78, 5) is 21.3. The summed E-state index contributed by atoms with van der Waals surface area (Å²) in [6.45, 7) is 4.42. The van der Waals surface area contributed by atoms with Crippen LogP contribution in [0.5, 0.6) is 5.75 Å². The van der Waals surface area contributed by atoms with Crippen LogP contribution in [0.3, 0.4) is 0 Å². The molecule has 2 heterocycles. The topological polar surface area (TPSA) is 65.9 Å². The van der Waals surface area contributed by atoms with E-state index in [0.29, 0.717) is 0 Å². The van der Waals surface area contributed by atoms with Crippen LogP contribution in [-0.2, 0) is 22.5 Å². The Hall–Kier alpha value is -2.74. The normalized spacial score (nSPS) is 14.6. The Labute approximate surface area is 180 Å². The number of aromatic nitrogens is 1. The van der Waals surface area contributed by atoms with E-state index in [0.717, 1.165) is 54.8 Å². The molecule has 156 valence electrons. The maximum absolute atomic E-state index is 12.6. The van der Waals surface area contributed by atoms with Gasteiger partial charge in [-0.1, -0.05) is 18.2 Å². The first-order valence-corrected chi connectivity index (χ1v) is 10.9. The molecule has 1 aromatic heterocycles. The standard InChI is InChI=1S/C23H25N3O3S/c1-25(20-5-7-21(27)8-6-20)22(28)14-19-16-30-23(24-19)18-4-2-3-17(13-18)15-26-9-11-29-12-10-26/h2-8,13,16,27H,9-12,14-15H2,1H3. The highest BCUT2D eigenvalue weighted by molar-refractivity contribution is 7.13. The second-order valence-corrected chi connectivity index (χ2v) is 8.24. The highest BCUT2D eigenvalue weighted by Crippen LogP contribution is 2.26. The van der Waals surface area contributed by atoms with Gasteiger partial charge in [-0.25, -0.2) is 4.98 Å². The Kier molecular flexibility index (Phi) is 6.42. The fourth-order valence-electron chi connectivity index (χ4n) is 3.43. The number of rotatable bonds is 6. The zero-order valence-electron chi connectivity index (χ0n) is 17.0. The molecule has 1 fully saturated rings. The summed E-state index contributed by atoms with van der Waals surface area (Å²) in [5.74, 6) is 0.137. The fourth-order valence-corrected chi connectivity index (χ4v) is 4.25. The summed E-state index contributed by atoms with van der Waals surface area (Å²) < 4.78 is 5.42. The lowest BCUT2D eigenvalue weighted by Gasteiger charge is -2.26. The van der Waals surface area contributed by atoms with Gasteiger partial charge in [0.25, 0.3) is 0 Å². The van der Waals surface area contributed by atoms with E-state index >= 15 is 0 Å². The Balaban J connectivity index is 1.41. The first-order chi connectivity index (χ1) is 14.6. The van der Waals surface area contributed by atoms with Crippen molar-refractivity contribution in [2.75, 3.05) is 38.3 Å². The monoisotopic (exact) mass is 423 g/mol. The molecule has 7 heteroatoms. The maximum atomic E-state index is 12.6. The maximum Gasteiger partial charge on any atom is 0.232 e. The van der Waals surface area contributed by atoms with Gasteiger partial charge < -0.3 is 14.7 Å². The Morgan fingerprint density at radius 3 is 2.73 bits per heavy atom. The molecule has 4 rings (SSSR count). The van der Waals surface area contributed by atoms with Crippen molar-refractivity contribution in [1.82, 2.24) is 9.88 Å². The number of carbonyl (C=O) groups excluding carboxylic acids is 1. The lowest BCUT2D eigenvalue weighted by Crippen LogP contribution is -2.35. The van der Waals surface area contributed by atoms with Crippen molar-refractivity contribution in [3.8, 4) is 16.3 Å². The predicted molar refractivity (Wildman–Crippen MR) is 119 cm³/mol. The number of likely N-dealkylation sites (N-methyl/N-ethyl adjacent to an activating group) is 1. The lowest BCUT2D eigenvalue weighted by molar-refractivity contribution is -0.117. The molecule has 30 heavy (non-hydrogen) atoms. The van der Waals surface area contributed by atoms with Crippen molar-refractivity contribution >= 4 is 22.9 Å². The third kappa shape index (κ3) is 5.05. The van der Waals surface area contributed by atoms with Gasteiger partial charge in [0.2, 0.25) is 5.91 Å². The number of phenols is 1. The van der Waals surface area contributed by atoms with E-state index in [4.69, 9.17) is 9.72 Å². The van der Waals surface area contributed by atoms with Crippen LogP contribution in [0.4, 0.5) is 5.69 Å². The first-order valence-electron chi connectivity index (χ1n) is 9.98. The fraction of sp³-hybridized carbons (Fsp3) is 0.304. The van der Waals surface area contributed by atoms with E-state index < -0.39 is 0 Å². The van der Waals surface area contributed by atoms with Crippen LogP contribution in [-0.4, -0.2) is 54.2 Å². The number of anilines is 1. The molecule has 3 aromatic rings. The van der Waals surface area contributed by atoms with Crippen molar-refractivity contribution in [2.45, 2.75) is 13.0 Å². The van der Waals surface area contributed by atoms with Gasteiger partial charge in [0.05, 0.1) is 25.3 Å². The van der Waals surface area contributed by atoms with Gasteiger partial charge >= 0.3 is 0 Å². The largest absolute Gasteiger partial charge is 0.508 e. The smallest absolute Gasteiger partial charge is 0.232 e. The molecular formula is C23H25N3O3S. The summed E-state index contributed by atoms with van der Waals surface area (Å²) in [6.07, 6.45) is 0.237. The van der Waals surface area contributed by atoms with Crippen LogP contribution in [0.25, 0.3) is 10.6 Å². The number of ether oxygens (including phenoxy) is 1. The molecule has 1 N–H and O–H groups in total. The molecule has 0 aliphatic carbocycles. The number of hydrogen-bond acceptors (Lipinski definition) is 6. The average molecular weight is 424 g/mol. The molecule has 1 amide bonds. The van der Waals surface area contributed by atoms with Gasteiger partial charge in [-0.15, -0.1) is 11.3 Å². The quantitative estimate of drug-likeness (QED) is 0.657. The number of hydrogen-bond donors (Lipinski definition) is 1. The molecular weight excluding hydrogens is 398 g/mol. The van der Waals surface area contributed by atoms with Crippen LogP contribution < -0.4 is 4.90 Å². The van der Waals surface area contributed by atoms with Gasteiger partial charge in [0, 0.05) is 43.3 Å². The summed E-state index contributed by atoms with van der Waals surface area (Å²) in [5, 5.41) is 12.3. The van der Waals surface area contributed by atoms with E-state index in [1.54, 1.807) is 47.5 Å². The molecule has 1 saturated heterocycles. The van der Waals surface area contributed by atoms with E-state index in [-0.39, 0.29) is 18.1 Å². The highest BCUT2D eigenvalue weighted by atomic mass is 32.1. The van der Waals surface area contributed by atoms with Crippen molar-refractivity contribution in [3.05, 3.63) is 65.2 Å². The lowest BCUT2D eigenvalue weighted by atomic mass is 10.1. The van der Waals surface area contributed by atoms with Gasteiger partial charge in [0.15, 0.2) is 0 Å². The van der Waals surface area contributed by atoms with Crippen LogP contribution in [0.2, 0.25) is 0 Å². The summed E-state index contributed by atoms with van der Waals surface area (Å²) >= 11 is 1.56. The molecule has 0 atom stereocenters. The highest BCUT2D eigenvalue weighted by Gasteiger charge is 2.15. The van der Waals surface area contributed by atoms with E-state index in [2.05, 4.69) is 29.2 Å². The van der Waals surface area contributed by atoms with Crippen LogP contribution >= 0.6 is 11.3 Å². The number of thiazole rings is 1. The molecule has 1 aliphatic heterocycles. The van der Waals surface area contributed by atoms with E-state index in [9.17, 15) is 9.90 Å². The summed E-state index contributed by atoms with van der Waals surface area (Å²) in [5.41, 5.74) is 3.85. The Morgan fingerprint density at radius 2 is 1.97 bits per heavy atom. The number of phenolic OH excluding ortho intramolecular Hbond substituents is 1. The second kappa shape index (κ2) is 9.38. The van der Waals surface area contributed by atoms with E-state index in [1.807, 2.05) is 5.38 Å². The second-order valence-electron chi connectivity index (χ2n) is 7.38. The van der Waals surface area contributed by atoms with Crippen molar-refractivity contribution < 1.29 is 14.6 Å². The molecule has 2 aromatic carbocycles. The van der Waals surface area contributed by atoms with Crippen LogP contribution in [0.15, 0.2) is 53.9 Å². The zero-order valence-corrected chi connectivity index (χ0v) is 17.8. The first kappa shape index (κ1) is 20.5. The third-order valence-electron chi connectivity index (χ3n) is 5.18. The molecule has 0 unspecified atom stereocenters. The number of aromatic hydroxyl groups is 1. The Bertz CT molecular complexity index is 997. The molecule has 0 bridgehead atoms. The molecule has 0 saturated carbocycles. The van der Waals surface area contributed by atoms with Crippen LogP contribution in [0, 0.1) is 0 Å². The van der Waals surface area contributed by atoms with Crippen molar-refractivity contribution in [1.29, 1.82) is 0 Å². The number of carbonyl (C=O) groups is 1. The minimum absolute atomic E-state index is 0.0430. The number of nitrogens with zero attached hydrogens (tertiary/aromatic N) is 3. The summed E-state index contributed by atoms with van der Waals surface area (Å²) in [7, 11) is 1.73. The minimum Gasteiger partial charge on any atom is -0.508 e. The third-order valence-corrected chi connectivity index (χ3v) is 6.12. The Morgan fingerprint density at radius 1 is 1.20 bits per heavy atom. The van der Waals surface area contributed by atoms with Crippen LogP contribution in [0.1, 0.15) is 11.3 Å². The molecule has 6 nitrogen and oxygen atoms in total.